The van der Waals surface area contributed by atoms with Crippen molar-refractivity contribution in [1.29, 1.82) is 0 Å². The number of rotatable bonds is 4. The Morgan fingerprint density at radius 3 is 2.74 bits per heavy atom. The minimum atomic E-state index is -0.291. The lowest BCUT2D eigenvalue weighted by atomic mass is 10.2. The normalized spacial score (nSPS) is 10.5. The summed E-state index contributed by atoms with van der Waals surface area (Å²) < 4.78 is 19.3. The first kappa shape index (κ1) is 14.3. The Kier molecular flexibility index (Phi) is 4.80. The Labute approximate surface area is 124 Å². The molecule has 0 aliphatic heterocycles. The van der Waals surface area contributed by atoms with E-state index >= 15 is 0 Å². The highest BCUT2D eigenvalue weighted by atomic mass is 79.9. The summed E-state index contributed by atoms with van der Waals surface area (Å²) in [5.41, 5.74) is 7.26. The van der Waals surface area contributed by atoms with Gasteiger partial charge in [0.25, 0.3) is 0 Å². The van der Waals surface area contributed by atoms with Gasteiger partial charge in [-0.3, -0.25) is 0 Å². The minimum absolute atomic E-state index is 0.291. The summed E-state index contributed by atoms with van der Waals surface area (Å²) in [6, 6.07) is 9.85. The molecular formula is C14H12BrClFNO. The second kappa shape index (κ2) is 6.37. The fourth-order valence-electron chi connectivity index (χ4n) is 1.67. The highest BCUT2D eigenvalue weighted by molar-refractivity contribution is 9.10. The van der Waals surface area contributed by atoms with Crippen LogP contribution in [0.1, 0.15) is 11.1 Å². The van der Waals surface area contributed by atoms with Gasteiger partial charge in [0.1, 0.15) is 18.2 Å². The zero-order chi connectivity index (χ0) is 13.8. The summed E-state index contributed by atoms with van der Waals surface area (Å²) >= 11 is 9.34. The fraction of sp³-hybridized carbons (Fsp3) is 0.143. The monoisotopic (exact) mass is 343 g/mol. The molecule has 19 heavy (non-hydrogen) atoms. The summed E-state index contributed by atoms with van der Waals surface area (Å²) in [6.45, 7) is 0.619. The van der Waals surface area contributed by atoms with Crippen molar-refractivity contribution in [3.63, 3.8) is 0 Å². The topological polar surface area (TPSA) is 35.2 Å². The minimum Gasteiger partial charge on any atom is -0.488 e. The zero-order valence-corrected chi connectivity index (χ0v) is 12.3. The Hall–Kier alpha value is -1.10. The first-order chi connectivity index (χ1) is 9.11. The lowest BCUT2D eigenvalue weighted by molar-refractivity contribution is 0.302. The van der Waals surface area contributed by atoms with E-state index in [1.165, 1.54) is 12.1 Å². The van der Waals surface area contributed by atoms with Crippen LogP contribution in [0.5, 0.6) is 5.75 Å². The van der Waals surface area contributed by atoms with Gasteiger partial charge in [-0.25, -0.2) is 4.39 Å². The maximum atomic E-state index is 13.0. The molecule has 2 aromatic carbocycles. The fourth-order valence-corrected chi connectivity index (χ4v) is 2.37. The number of hydrogen-bond acceptors (Lipinski definition) is 2. The van der Waals surface area contributed by atoms with Crippen molar-refractivity contribution in [2.45, 2.75) is 13.2 Å². The molecule has 0 fully saturated rings. The number of halogens is 3. The van der Waals surface area contributed by atoms with Crippen molar-refractivity contribution in [1.82, 2.24) is 0 Å². The highest BCUT2D eigenvalue weighted by Crippen LogP contribution is 2.27. The van der Waals surface area contributed by atoms with Crippen molar-refractivity contribution < 1.29 is 9.13 Å². The number of nitrogens with two attached hydrogens (primary N) is 1. The van der Waals surface area contributed by atoms with Crippen LogP contribution in [0.4, 0.5) is 4.39 Å². The summed E-state index contributed by atoms with van der Waals surface area (Å²) in [5, 5.41) is 0.582. The van der Waals surface area contributed by atoms with Gasteiger partial charge in [0.2, 0.25) is 0 Å². The molecular weight excluding hydrogens is 333 g/mol. The van der Waals surface area contributed by atoms with E-state index in [1.54, 1.807) is 18.2 Å². The third-order valence-corrected chi connectivity index (χ3v) is 3.77. The summed E-state index contributed by atoms with van der Waals surface area (Å²) in [5.74, 6) is 0.354. The van der Waals surface area contributed by atoms with Gasteiger partial charge in [-0.15, -0.1) is 0 Å². The molecule has 0 bridgehead atoms. The van der Waals surface area contributed by atoms with Crippen LogP contribution in [0.25, 0.3) is 0 Å². The molecule has 0 aromatic heterocycles. The average Bonchev–Trinajstić information content (AvgIpc) is 2.38. The molecule has 0 aliphatic rings. The van der Waals surface area contributed by atoms with Crippen LogP contribution in [0, 0.1) is 5.82 Å². The highest BCUT2D eigenvalue weighted by Gasteiger charge is 2.08. The maximum Gasteiger partial charge on any atom is 0.125 e. The van der Waals surface area contributed by atoms with Crippen LogP contribution in [-0.4, -0.2) is 0 Å². The predicted molar refractivity (Wildman–Crippen MR) is 77.8 cm³/mol. The summed E-state index contributed by atoms with van der Waals surface area (Å²) in [7, 11) is 0. The molecule has 0 saturated heterocycles. The number of hydrogen-bond donors (Lipinski definition) is 1. The van der Waals surface area contributed by atoms with E-state index in [0.717, 1.165) is 11.1 Å². The third kappa shape index (κ3) is 3.47. The van der Waals surface area contributed by atoms with Gasteiger partial charge >= 0.3 is 0 Å². The van der Waals surface area contributed by atoms with E-state index < -0.39 is 0 Å². The van der Waals surface area contributed by atoms with Gasteiger partial charge in [-0.05, 0) is 24.3 Å². The molecule has 0 radical (unpaired) electrons. The van der Waals surface area contributed by atoms with E-state index in [2.05, 4.69) is 15.9 Å². The van der Waals surface area contributed by atoms with Crippen LogP contribution < -0.4 is 10.5 Å². The van der Waals surface area contributed by atoms with Gasteiger partial charge in [0, 0.05) is 27.2 Å². The van der Waals surface area contributed by atoms with E-state index in [-0.39, 0.29) is 5.82 Å². The third-order valence-electron chi connectivity index (χ3n) is 2.68. The molecule has 0 spiro atoms. The van der Waals surface area contributed by atoms with Crippen LogP contribution in [-0.2, 0) is 13.2 Å². The van der Waals surface area contributed by atoms with Crippen LogP contribution >= 0.6 is 27.5 Å². The lowest BCUT2D eigenvalue weighted by Gasteiger charge is -2.12. The van der Waals surface area contributed by atoms with E-state index in [9.17, 15) is 4.39 Å². The standard InChI is InChI=1S/C14H12BrClFNO/c15-12-6-10(17)5-4-9(12)8-19-14-3-1-2-13(16)11(14)7-18/h1-6H,7-8,18H2. The Balaban J connectivity index is 2.17. The maximum absolute atomic E-state index is 13.0. The van der Waals surface area contributed by atoms with Crippen LogP contribution in [0.2, 0.25) is 5.02 Å². The van der Waals surface area contributed by atoms with E-state index in [0.29, 0.717) is 28.4 Å². The smallest absolute Gasteiger partial charge is 0.125 e. The molecule has 100 valence electrons. The Bertz CT molecular complexity index is 592. The number of benzene rings is 2. The molecule has 2 aromatic rings. The summed E-state index contributed by atoms with van der Waals surface area (Å²) in [4.78, 5) is 0. The molecule has 0 aliphatic carbocycles. The molecule has 0 unspecified atom stereocenters. The quantitative estimate of drug-likeness (QED) is 0.898. The molecule has 0 saturated carbocycles. The van der Waals surface area contributed by atoms with Crippen molar-refractivity contribution in [2.24, 2.45) is 5.73 Å². The van der Waals surface area contributed by atoms with Gasteiger partial charge in [0.15, 0.2) is 0 Å². The Morgan fingerprint density at radius 2 is 2.05 bits per heavy atom. The molecule has 0 heterocycles. The van der Waals surface area contributed by atoms with Crippen molar-refractivity contribution in [2.75, 3.05) is 0 Å². The molecule has 2 N–H and O–H groups in total. The van der Waals surface area contributed by atoms with Crippen LogP contribution in [0.15, 0.2) is 40.9 Å². The van der Waals surface area contributed by atoms with Gasteiger partial charge < -0.3 is 10.5 Å². The lowest BCUT2D eigenvalue weighted by Crippen LogP contribution is -2.04. The van der Waals surface area contributed by atoms with Crippen LogP contribution in [0.3, 0.4) is 0 Å². The molecule has 5 heteroatoms. The van der Waals surface area contributed by atoms with Crippen molar-refractivity contribution in [3.8, 4) is 5.75 Å². The second-order valence-electron chi connectivity index (χ2n) is 3.95. The first-order valence-electron chi connectivity index (χ1n) is 5.66. The average molecular weight is 345 g/mol. The second-order valence-corrected chi connectivity index (χ2v) is 5.21. The van der Waals surface area contributed by atoms with Gasteiger partial charge in [-0.1, -0.05) is 39.7 Å². The zero-order valence-electron chi connectivity index (χ0n) is 10.00. The summed E-state index contributed by atoms with van der Waals surface area (Å²) in [6.07, 6.45) is 0. The van der Waals surface area contributed by atoms with E-state index in [4.69, 9.17) is 22.1 Å². The van der Waals surface area contributed by atoms with Crippen molar-refractivity contribution >= 4 is 27.5 Å². The molecule has 0 amide bonds. The van der Waals surface area contributed by atoms with Gasteiger partial charge in [0.05, 0.1) is 0 Å². The molecule has 2 rings (SSSR count). The largest absolute Gasteiger partial charge is 0.488 e. The SMILES string of the molecule is NCc1c(Cl)cccc1OCc1ccc(F)cc1Br. The van der Waals surface area contributed by atoms with Gasteiger partial charge in [-0.2, -0.15) is 0 Å². The van der Waals surface area contributed by atoms with Crippen molar-refractivity contribution in [3.05, 3.63) is 62.8 Å². The number of ether oxygens (including phenoxy) is 1. The Morgan fingerprint density at radius 1 is 1.26 bits per heavy atom. The van der Waals surface area contributed by atoms with E-state index in [1.807, 2.05) is 6.07 Å². The molecule has 0 atom stereocenters. The predicted octanol–water partition coefficient (Wildman–Crippen LogP) is 4.28. The molecule has 2 nitrogen and oxygen atoms in total. The first-order valence-corrected chi connectivity index (χ1v) is 6.83.